The van der Waals surface area contributed by atoms with Gasteiger partial charge in [0.05, 0.1) is 19.4 Å². The largest absolute Gasteiger partial charge is 0.493 e. The number of hydrogen-bond acceptors (Lipinski definition) is 3. The Balaban J connectivity index is 2.93. The van der Waals surface area contributed by atoms with E-state index in [4.69, 9.17) is 4.74 Å². The molecule has 1 unspecified atom stereocenters. The monoisotopic (exact) mass is 212 g/mol. The summed E-state index contributed by atoms with van der Waals surface area (Å²) < 4.78 is 7.03. The van der Waals surface area contributed by atoms with Crippen LogP contribution in [0.5, 0.6) is 5.75 Å². The first kappa shape index (κ1) is 12.0. The van der Waals surface area contributed by atoms with Gasteiger partial charge in [0.1, 0.15) is 5.69 Å². The van der Waals surface area contributed by atoms with Gasteiger partial charge in [-0.2, -0.15) is 5.10 Å². The van der Waals surface area contributed by atoms with Crippen molar-refractivity contribution >= 4 is 0 Å². The molecule has 1 N–H and O–H groups in total. The van der Waals surface area contributed by atoms with E-state index in [0.717, 1.165) is 31.5 Å². The predicted octanol–water partition coefficient (Wildman–Crippen LogP) is 2.14. The zero-order valence-electron chi connectivity index (χ0n) is 9.73. The average molecular weight is 212 g/mol. The lowest BCUT2D eigenvalue weighted by Crippen LogP contribution is -2.10. The number of hydrogen-bond donors (Lipinski definition) is 1. The highest BCUT2D eigenvalue weighted by Crippen LogP contribution is 2.27. The summed E-state index contributed by atoms with van der Waals surface area (Å²) in [4.78, 5) is 0. The van der Waals surface area contributed by atoms with Crippen molar-refractivity contribution in [1.82, 2.24) is 9.78 Å². The molecule has 1 atom stereocenters. The normalized spacial score (nSPS) is 12.8. The first-order valence-corrected chi connectivity index (χ1v) is 5.52. The number of aliphatic hydroxyl groups is 1. The molecule has 0 aliphatic carbocycles. The van der Waals surface area contributed by atoms with Crippen molar-refractivity contribution in [3.05, 3.63) is 11.9 Å². The molecular formula is C11H20N2O2. The Morgan fingerprint density at radius 3 is 2.73 bits per heavy atom. The summed E-state index contributed by atoms with van der Waals surface area (Å²) in [6.07, 6.45) is 3.88. The molecule has 15 heavy (non-hydrogen) atoms. The zero-order valence-corrected chi connectivity index (χ0v) is 9.73. The number of aryl methyl sites for hydroxylation is 1. The van der Waals surface area contributed by atoms with Crippen molar-refractivity contribution in [3.63, 3.8) is 0 Å². The maximum Gasteiger partial charge on any atom is 0.162 e. The molecule has 1 aromatic rings. The van der Waals surface area contributed by atoms with Gasteiger partial charge in [-0.15, -0.1) is 0 Å². The molecule has 1 rings (SSSR count). The van der Waals surface area contributed by atoms with Crippen molar-refractivity contribution < 1.29 is 9.84 Å². The summed E-state index contributed by atoms with van der Waals surface area (Å²) in [7, 11) is 1.61. The van der Waals surface area contributed by atoms with E-state index in [1.807, 2.05) is 4.68 Å². The maximum absolute atomic E-state index is 9.99. The van der Waals surface area contributed by atoms with Crippen LogP contribution in [0, 0.1) is 0 Å². The highest BCUT2D eigenvalue weighted by molar-refractivity contribution is 5.27. The molecule has 0 saturated heterocycles. The van der Waals surface area contributed by atoms with Crippen molar-refractivity contribution in [2.45, 2.75) is 45.8 Å². The Kier molecular flexibility index (Phi) is 4.62. The zero-order chi connectivity index (χ0) is 11.3. The van der Waals surface area contributed by atoms with Crippen LogP contribution in [0.1, 0.15) is 44.9 Å². The number of rotatable bonds is 6. The van der Waals surface area contributed by atoms with Gasteiger partial charge in [-0.3, -0.25) is 4.68 Å². The number of nitrogens with zero attached hydrogens (tertiary/aromatic N) is 2. The lowest BCUT2D eigenvalue weighted by molar-refractivity contribution is 0.151. The van der Waals surface area contributed by atoms with Gasteiger partial charge in [-0.25, -0.2) is 0 Å². The number of aromatic nitrogens is 2. The number of ether oxygens (including phenoxy) is 1. The van der Waals surface area contributed by atoms with Gasteiger partial charge in [-0.1, -0.05) is 20.3 Å². The van der Waals surface area contributed by atoms with Crippen molar-refractivity contribution in [3.8, 4) is 5.75 Å². The minimum Gasteiger partial charge on any atom is -0.493 e. The smallest absolute Gasteiger partial charge is 0.162 e. The molecule has 1 aromatic heterocycles. The van der Waals surface area contributed by atoms with Crippen LogP contribution in [0.3, 0.4) is 0 Å². The molecule has 0 bridgehead atoms. The Morgan fingerprint density at radius 1 is 1.47 bits per heavy atom. The Bertz CT molecular complexity index is 297. The predicted molar refractivity (Wildman–Crippen MR) is 58.9 cm³/mol. The fraction of sp³-hybridized carbons (Fsp3) is 0.727. The fourth-order valence-electron chi connectivity index (χ4n) is 1.67. The molecule has 0 saturated carbocycles. The van der Waals surface area contributed by atoms with Crippen molar-refractivity contribution in [2.24, 2.45) is 0 Å². The van der Waals surface area contributed by atoms with E-state index in [1.54, 1.807) is 13.3 Å². The van der Waals surface area contributed by atoms with E-state index >= 15 is 0 Å². The molecular weight excluding hydrogens is 192 g/mol. The van der Waals surface area contributed by atoms with Crippen LogP contribution < -0.4 is 4.74 Å². The van der Waals surface area contributed by atoms with E-state index < -0.39 is 6.10 Å². The molecule has 4 nitrogen and oxygen atoms in total. The molecule has 0 radical (unpaired) electrons. The highest BCUT2D eigenvalue weighted by atomic mass is 16.5. The molecule has 0 aliphatic heterocycles. The first-order chi connectivity index (χ1) is 7.24. The van der Waals surface area contributed by atoms with Crippen LogP contribution in [-0.2, 0) is 6.54 Å². The Labute approximate surface area is 90.9 Å². The summed E-state index contributed by atoms with van der Waals surface area (Å²) in [6.45, 7) is 4.96. The number of aliphatic hydroxyl groups excluding tert-OH is 1. The molecule has 1 heterocycles. The van der Waals surface area contributed by atoms with Crippen LogP contribution in [-0.4, -0.2) is 22.0 Å². The van der Waals surface area contributed by atoms with E-state index in [-0.39, 0.29) is 0 Å². The Hall–Kier alpha value is -1.03. The average Bonchev–Trinajstić information content (AvgIpc) is 2.62. The molecule has 0 spiro atoms. The highest BCUT2D eigenvalue weighted by Gasteiger charge is 2.18. The van der Waals surface area contributed by atoms with Gasteiger partial charge in [-0.05, 0) is 12.8 Å². The minimum atomic E-state index is -0.473. The van der Waals surface area contributed by atoms with Gasteiger partial charge in [0.15, 0.2) is 5.75 Å². The van der Waals surface area contributed by atoms with Crippen LogP contribution >= 0.6 is 0 Å². The first-order valence-electron chi connectivity index (χ1n) is 5.52. The van der Waals surface area contributed by atoms with Gasteiger partial charge in [0, 0.05) is 6.54 Å². The second-order valence-electron chi connectivity index (χ2n) is 3.63. The van der Waals surface area contributed by atoms with Gasteiger partial charge in [0.2, 0.25) is 0 Å². The molecule has 0 aliphatic rings. The summed E-state index contributed by atoms with van der Waals surface area (Å²) in [5, 5.41) is 14.2. The third-order valence-electron chi connectivity index (χ3n) is 2.38. The minimum absolute atomic E-state index is 0.473. The standard InChI is InChI=1S/C11H20N2O2/c1-4-6-9(14)11-10(15-3)8-12-13(11)7-5-2/h8-9,14H,4-7H2,1-3H3. The van der Waals surface area contributed by atoms with Crippen molar-refractivity contribution in [1.29, 1.82) is 0 Å². The second-order valence-corrected chi connectivity index (χ2v) is 3.63. The van der Waals surface area contributed by atoms with Gasteiger partial charge in [0.25, 0.3) is 0 Å². The lowest BCUT2D eigenvalue weighted by atomic mass is 10.1. The third-order valence-corrected chi connectivity index (χ3v) is 2.38. The van der Waals surface area contributed by atoms with Crippen LogP contribution in [0.4, 0.5) is 0 Å². The van der Waals surface area contributed by atoms with Crippen molar-refractivity contribution in [2.75, 3.05) is 7.11 Å². The molecule has 0 fully saturated rings. The summed E-state index contributed by atoms with van der Waals surface area (Å²) in [5.41, 5.74) is 0.807. The number of methoxy groups -OCH3 is 1. The topological polar surface area (TPSA) is 47.3 Å². The summed E-state index contributed by atoms with van der Waals surface area (Å²) >= 11 is 0. The fourth-order valence-corrected chi connectivity index (χ4v) is 1.67. The van der Waals surface area contributed by atoms with Crippen LogP contribution in [0.2, 0.25) is 0 Å². The molecule has 4 heteroatoms. The summed E-state index contributed by atoms with van der Waals surface area (Å²) in [5.74, 6) is 0.685. The SMILES string of the molecule is CCCC(O)c1c(OC)cnn1CCC. The summed E-state index contributed by atoms with van der Waals surface area (Å²) in [6, 6.07) is 0. The van der Waals surface area contributed by atoms with E-state index in [9.17, 15) is 5.11 Å². The van der Waals surface area contributed by atoms with Crippen LogP contribution in [0.15, 0.2) is 6.20 Å². The van der Waals surface area contributed by atoms with E-state index in [1.165, 1.54) is 0 Å². The molecule has 0 aromatic carbocycles. The quantitative estimate of drug-likeness (QED) is 0.785. The van der Waals surface area contributed by atoms with Gasteiger partial charge >= 0.3 is 0 Å². The van der Waals surface area contributed by atoms with E-state index in [0.29, 0.717) is 5.75 Å². The van der Waals surface area contributed by atoms with Gasteiger partial charge < -0.3 is 9.84 Å². The second kappa shape index (κ2) is 5.75. The Morgan fingerprint density at radius 2 is 2.20 bits per heavy atom. The molecule has 86 valence electrons. The van der Waals surface area contributed by atoms with Crippen LogP contribution in [0.25, 0.3) is 0 Å². The maximum atomic E-state index is 9.99. The van der Waals surface area contributed by atoms with E-state index in [2.05, 4.69) is 18.9 Å². The lowest BCUT2D eigenvalue weighted by Gasteiger charge is -2.13. The third kappa shape index (κ3) is 2.72. The molecule has 0 amide bonds.